The Kier molecular flexibility index (Phi) is 6.49. The largest absolute Gasteiger partial charge is 0.356 e. The van der Waals surface area contributed by atoms with E-state index in [0.717, 1.165) is 11.4 Å². The number of hydrogen-bond donors (Lipinski definition) is 2. The zero-order chi connectivity index (χ0) is 14.3. The first-order chi connectivity index (χ1) is 8.99. The lowest BCUT2D eigenvalue weighted by atomic mass is 10.0. The van der Waals surface area contributed by atoms with E-state index in [1.165, 1.54) is 6.92 Å². The van der Waals surface area contributed by atoms with Crippen molar-refractivity contribution in [2.45, 2.75) is 39.7 Å². The second-order valence-electron chi connectivity index (χ2n) is 4.85. The molecule has 0 saturated carbocycles. The van der Waals surface area contributed by atoms with Crippen LogP contribution in [0.1, 0.15) is 44.7 Å². The summed E-state index contributed by atoms with van der Waals surface area (Å²) >= 11 is 1.55. The average molecular weight is 283 g/mol. The van der Waals surface area contributed by atoms with E-state index in [1.807, 2.05) is 5.38 Å². The van der Waals surface area contributed by atoms with Gasteiger partial charge in [-0.1, -0.05) is 13.8 Å². The molecule has 0 aromatic carbocycles. The minimum atomic E-state index is -0.119. The van der Waals surface area contributed by atoms with Crippen molar-refractivity contribution in [3.05, 3.63) is 16.6 Å². The predicted molar refractivity (Wildman–Crippen MR) is 75.8 cm³/mol. The number of amides is 2. The van der Waals surface area contributed by atoms with Crippen LogP contribution in [-0.4, -0.2) is 23.3 Å². The van der Waals surface area contributed by atoms with Gasteiger partial charge >= 0.3 is 0 Å². The van der Waals surface area contributed by atoms with Gasteiger partial charge in [0.25, 0.3) is 0 Å². The first-order valence-corrected chi connectivity index (χ1v) is 7.30. The van der Waals surface area contributed by atoms with E-state index in [-0.39, 0.29) is 17.9 Å². The third-order valence-corrected chi connectivity index (χ3v) is 3.41. The Morgan fingerprint density at radius 1 is 1.42 bits per heavy atom. The molecule has 2 amide bonds. The molecule has 1 heterocycles. The molecule has 1 rings (SSSR count). The van der Waals surface area contributed by atoms with E-state index in [4.69, 9.17) is 0 Å². The summed E-state index contributed by atoms with van der Waals surface area (Å²) in [6, 6.07) is -0.0372. The highest BCUT2D eigenvalue weighted by Gasteiger charge is 2.18. The molecule has 0 spiro atoms. The topological polar surface area (TPSA) is 71.1 Å². The Balaban J connectivity index is 2.48. The van der Waals surface area contributed by atoms with Crippen molar-refractivity contribution in [3.63, 3.8) is 0 Å². The highest BCUT2D eigenvalue weighted by atomic mass is 32.1. The van der Waals surface area contributed by atoms with Crippen LogP contribution in [0.3, 0.4) is 0 Å². The highest BCUT2D eigenvalue weighted by molar-refractivity contribution is 7.09. The molecule has 0 aliphatic heterocycles. The van der Waals surface area contributed by atoms with Crippen LogP contribution in [0.2, 0.25) is 0 Å². The predicted octanol–water partition coefficient (Wildman–Crippen LogP) is 1.87. The number of aromatic nitrogens is 1. The van der Waals surface area contributed by atoms with Gasteiger partial charge in [0.05, 0.1) is 6.04 Å². The fraction of sp³-hybridized carbons (Fsp3) is 0.615. The molecule has 6 heteroatoms. The lowest BCUT2D eigenvalue weighted by molar-refractivity contribution is -0.122. The summed E-state index contributed by atoms with van der Waals surface area (Å²) in [6.45, 7) is 6.04. The van der Waals surface area contributed by atoms with Crippen LogP contribution in [0.25, 0.3) is 0 Å². The Labute approximate surface area is 117 Å². The van der Waals surface area contributed by atoms with Crippen LogP contribution in [0, 0.1) is 5.92 Å². The highest BCUT2D eigenvalue weighted by Crippen LogP contribution is 2.22. The first kappa shape index (κ1) is 15.6. The normalized spacial score (nSPS) is 12.2. The van der Waals surface area contributed by atoms with Crippen molar-refractivity contribution in [3.8, 4) is 0 Å². The van der Waals surface area contributed by atoms with E-state index in [0.29, 0.717) is 18.9 Å². The molecule has 1 aromatic rings. The summed E-state index contributed by atoms with van der Waals surface area (Å²) in [6.07, 6.45) is 2.90. The number of nitrogens with one attached hydrogen (secondary N) is 2. The number of nitrogens with zero attached hydrogens (tertiary/aromatic N) is 1. The molecule has 0 aliphatic rings. The zero-order valence-corrected chi connectivity index (χ0v) is 12.4. The molecular weight excluding hydrogens is 262 g/mol. The van der Waals surface area contributed by atoms with Crippen molar-refractivity contribution >= 4 is 23.2 Å². The molecule has 0 fully saturated rings. The molecule has 0 saturated heterocycles. The SMILES string of the molecule is CC(=O)NCCC(=O)NC(CC(C)C)c1nccs1. The summed E-state index contributed by atoms with van der Waals surface area (Å²) in [5, 5.41) is 8.44. The van der Waals surface area contributed by atoms with Gasteiger partial charge in [0.15, 0.2) is 0 Å². The monoisotopic (exact) mass is 283 g/mol. The number of thiazole rings is 1. The summed E-state index contributed by atoms with van der Waals surface area (Å²) in [4.78, 5) is 26.8. The van der Waals surface area contributed by atoms with E-state index in [1.54, 1.807) is 17.5 Å². The van der Waals surface area contributed by atoms with Gasteiger partial charge in [0.2, 0.25) is 11.8 Å². The van der Waals surface area contributed by atoms with Gasteiger partial charge in [0.1, 0.15) is 5.01 Å². The van der Waals surface area contributed by atoms with Gasteiger partial charge < -0.3 is 10.6 Å². The molecule has 2 N–H and O–H groups in total. The summed E-state index contributed by atoms with van der Waals surface area (Å²) < 4.78 is 0. The Bertz CT molecular complexity index is 404. The smallest absolute Gasteiger partial charge is 0.222 e. The van der Waals surface area contributed by atoms with Gasteiger partial charge in [-0.3, -0.25) is 9.59 Å². The maximum atomic E-state index is 11.8. The molecule has 5 nitrogen and oxygen atoms in total. The molecule has 1 aromatic heterocycles. The van der Waals surface area contributed by atoms with Crippen LogP contribution >= 0.6 is 11.3 Å². The molecule has 106 valence electrons. The Hall–Kier alpha value is -1.43. The maximum absolute atomic E-state index is 11.8. The van der Waals surface area contributed by atoms with Crippen LogP contribution in [-0.2, 0) is 9.59 Å². The number of hydrogen-bond acceptors (Lipinski definition) is 4. The molecule has 19 heavy (non-hydrogen) atoms. The van der Waals surface area contributed by atoms with Gasteiger partial charge in [-0.25, -0.2) is 4.98 Å². The first-order valence-electron chi connectivity index (χ1n) is 6.42. The van der Waals surface area contributed by atoms with Crippen LogP contribution in [0.4, 0.5) is 0 Å². The second kappa shape index (κ2) is 7.89. The molecule has 0 radical (unpaired) electrons. The van der Waals surface area contributed by atoms with Gasteiger partial charge in [-0.15, -0.1) is 11.3 Å². The van der Waals surface area contributed by atoms with E-state index >= 15 is 0 Å². The molecule has 1 atom stereocenters. The van der Waals surface area contributed by atoms with E-state index < -0.39 is 0 Å². The fourth-order valence-electron chi connectivity index (χ4n) is 1.72. The molecule has 0 bridgehead atoms. The minimum absolute atomic E-state index is 0.0372. The quantitative estimate of drug-likeness (QED) is 0.802. The third-order valence-electron chi connectivity index (χ3n) is 2.52. The lowest BCUT2D eigenvalue weighted by Gasteiger charge is -2.18. The molecular formula is C13H21N3O2S. The lowest BCUT2D eigenvalue weighted by Crippen LogP contribution is -2.32. The zero-order valence-electron chi connectivity index (χ0n) is 11.6. The summed E-state index contributed by atoms with van der Waals surface area (Å²) in [5.74, 6) is 0.297. The van der Waals surface area contributed by atoms with Gasteiger partial charge in [-0.2, -0.15) is 0 Å². The molecule has 0 aliphatic carbocycles. The fourth-order valence-corrected chi connectivity index (χ4v) is 2.42. The number of carbonyl (C=O) groups is 2. The van der Waals surface area contributed by atoms with Gasteiger partial charge in [-0.05, 0) is 12.3 Å². The minimum Gasteiger partial charge on any atom is -0.356 e. The van der Waals surface area contributed by atoms with Crippen molar-refractivity contribution in [1.82, 2.24) is 15.6 Å². The van der Waals surface area contributed by atoms with E-state index in [9.17, 15) is 9.59 Å². The molecule has 1 unspecified atom stereocenters. The van der Waals surface area contributed by atoms with Crippen molar-refractivity contribution < 1.29 is 9.59 Å². The van der Waals surface area contributed by atoms with Crippen LogP contribution in [0.15, 0.2) is 11.6 Å². The van der Waals surface area contributed by atoms with Crippen LogP contribution < -0.4 is 10.6 Å². The Morgan fingerprint density at radius 2 is 2.16 bits per heavy atom. The number of carbonyl (C=O) groups excluding carboxylic acids is 2. The maximum Gasteiger partial charge on any atom is 0.222 e. The number of rotatable bonds is 7. The Morgan fingerprint density at radius 3 is 2.68 bits per heavy atom. The van der Waals surface area contributed by atoms with Crippen molar-refractivity contribution in [2.75, 3.05) is 6.54 Å². The average Bonchev–Trinajstić information content (AvgIpc) is 2.80. The van der Waals surface area contributed by atoms with Crippen molar-refractivity contribution in [1.29, 1.82) is 0 Å². The van der Waals surface area contributed by atoms with Gasteiger partial charge in [0, 0.05) is 31.5 Å². The van der Waals surface area contributed by atoms with Crippen LogP contribution in [0.5, 0.6) is 0 Å². The summed E-state index contributed by atoms with van der Waals surface area (Å²) in [5.41, 5.74) is 0. The summed E-state index contributed by atoms with van der Waals surface area (Å²) in [7, 11) is 0. The van der Waals surface area contributed by atoms with E-state index in [2.05, 4.69) is 29.5 Å². The third kappa shape index (κ3) is 6.33. The standard InChI is InChI=1S/C13H21N3O2S/c1-9(2)8-11(13-15-6-7-19-13)16-12(18)4-5-14-10(3)17/h6-7,9,11H,4-5,8H2,1-3H3,(H,14,17)(H,16,18). The second-order valence-corrected chi connectivity index (χ2v) is 5.78. The van der Waals surface area contributed by atoms with Crippen molar-refractivity contribution in [2.24, 2.45) is 5.92 Å².